The minimum absolute atomic E-state index is 0.0204. The van der Waals surface area contributed by atoms with Gasteiger partial charge in [0.25, 0.3) is 5.56 Å². The van der Waals surface area contributed by atoms with Gasteiger partial charge < -0.3 is 14.8 Å². The molecule has 0 saturated carbocycles. The fourth-order valence-electron chi connectivity index (χ4n) is 2.78. The highest BCUT2D eigenvalue weighted by molar-refractivity contribution is 5.36. The topological polar surface area (TPSA) is 50.2 Å². The Hall–Kier alpha value is -1.36. The van der Waals surface area contributed by atoms with Gasteiger partial charge in [-0.25, -0.2) is 4.98 Å². The lowest BCUT2D eigenvalue weighted by atomic mass is 9.97. The van der Waals surface area contributed by atoms with Crippen molar-refractivity contribution in [1.29, 1.82) is 0 Å². The third kappa shape index (κ3) is 3.20. The van der Waals surface area contributed by atoms with Gasteiger partial charge in [-0.15, -0.1) is 0 Å². The third-order valence-electron chi connectivity index (χ3n) is 3.95. The Kier molecular flexibility index (Phi) is 4.48. The summed E-state index contributed by atoms with van der Waals surface area (Å²) >= 11 is 0. The lowest BCUT2D eigenvalue weighted by molar-refractivity contribution is 0.374. The number of hydrogen-bond acceptors (Lipinski definition) is 4. The first kappa shape index (κ1) is 15.0. The van der Waals surface area contributed by atoms with Gasteiger partial charge in [-0.05, 0) is 53.1 Å². The van der Waals surface area contributed by atoms with E-state index in [-0.39, 0.29) is 11.1 Å². The van der Waals surface area contributed by atoms with Crippen molar-refractivity contribution in [2.24, 2.45) is 5.92 Å². The molecular weight excluding hydrogens is 252 g/mol. The van der Waals surface area contributed by atoms with Gasteiger partial charge in [-0.3, -0.25) is 4.79 Å². The molecule has 0 unspecified atom stereocenters. The van der Waals surface area contributed by atoms with Crippen LogP contribution in [0, 0.1) is 5.92 Å². The van der Waals surface area contributed by atoms with Gasteiger partial charge in [-0.2, -0.15) is 0 Å². The average Bonchev–Trinajstić information content (AvgIpc) is 2.39. The van der Waals surface area contributed by atoms with E-state index in [2.05, 4.69) is 15.2 Å². The maximum atomic E-state index is 12.6. The van der Waals surface area contributed by atoms with Crippen molar-refractivity contribution in [3.8, 4) is 0 Å². The van der Waals surface area contributed by atoms with Crippen LogP contribution in [0.3, 0.4) is 0 Å². The van der Waals surface area contributed by atoms with Gasteiger partial charge in [0.15, 0.2) is 5.82 Å². The van der Waals surface area contributed by atoms with Crippen LogP contribution in [0.15, 0.2) is 17.2 Å². The zero-order valence-corrected chi connectivity index (χ0v) is 13.0. The van der Waals surface area contributed by atoms with E-state index in [0.29, 0.717) is 11.7 Å². The average molecular weight is 278 g/mol. The summed E-state index contributed by atoms with van der Waals surface area (Å²) in [4.78, 5) is 19.0. The van der Waals surface area contributed by atoms with E-state index in [0.717, 1.165) is 32.5 Å². The smallest absolute Gasteiger partial charge is 0.293 e. The summed E-state index contributed by atoms with van der Waals surface area (Å²) in [6.07, 6.45) is 5.75. The van der Waals surface area contributed by atoms with Crippen LogP contribution in [-0.2, 0) is 5.54 Å². The van der Waals surface area contributed by atoms with Gasteiger partial charge in [-0.1, -0.05) is 0 Å². The molecule has 1 aliphatic rings. The number of piperidine rings is 1. The van der Waals surface area contributed by atoms with Crippen LogP contribution >= 0.6 is 0 Å². The second-order valence-corrected chi connectivity index (χ2v) is 6.58. The predicted octanol–water partition coefficient (Wildman–Crippen LogP) is 1.43. The lowest BCUT2D eigenvalue weighted by Gasteiger charge is -2.33. The van der Waals surface area contributed by atoms with Crippen LogP contribution in [0.2, 0.25) is 0 Å². The van der Waals surface area contributed by atoms with E-state index in [1.165, 1.54) is 0 Å². The number of nitrogens with one attached hydrogen (secondary N) is 1. The largest absolute Gasteiger partial charge is 0.352 e. The van der Waals surface area contributed by atoms with Crippen molar-refractivity contribution in [3.63, 3.8) is 0 Å². The summed E-state index contributed by atoms with van der Waals surface area (Å²) in [6.45, 7) is 9.01. The fraction of sp³-hybridized carbons (Fsp3) is 0.733. The highest BCUT2D eigenvalue weighted by Gasteiger charge is 2.24. The minimum atomic E-state index is -0.209. The summed E-state index contributed by atoms with van der Waals surface area (Å²) in [5.74, 6) is 1.31. The van der Waals surface area contributed by atoms with E-state index < -0.39 is 0 Å². The van der Waals surface area contributed by atoms with E-state index in [9.17, 15) is 4.79 Å². The molecule has 1 aliphatic heterocycles. The van der Waals surface area contributed by atoms with Crippen LogP contribution in [0.25, 0.3) is 0 Å². The zero-order valence-electron chi connectivity index (χ0n) is 13.0. The summed E-state index contributed by atoms with van der Waals surface area (Å²) in [5, 5.41) is 3.23. The van der Waals surface area contributed by atoms with Crippen molar-refractivity contribution >= 4 is 5.82 Å². The standard InChI is InChI=1S/C15H26N4O/c1-15(2,3)19-10-7-17-13(14(19)20)18-8-5-12(6-9-18)11-16-4/h7,10,12,16H,5-6,8-9,11H2,1-4H3. The predicted molar refractivity (Wildman–Crippen MR) is 82.4 cm³/mol. The van der Waals surface area contributed by atoms with Crippen LogP contribution in [0.4, 0.5) is 5.82 Å². The van der Waals surface area contributed by atoms with Gasteiger partial charge in [0.2, 0.25) is 0 Å². The molecule has 0 spiro atoms. The number of anilines is 1. The molecule has 1 aromatic heterocycles. The molecule has 20 heavy (non-hydrogen) atoms. The molecule has 1 aromatic rings. The quantitative estimate of drug-likeness (QED) is 0.909. The Bertz CT molecular complexity index is 495. The van der Waals surface area contributed by atoms with Gasteiger partial charge >= 0.3 is 0 Å². The molecule has 0 amide bonds. The van der Waals surface area contributed by atoms with Crippen molar-refractivity contribution < 1.29 is 0 Å². The fourth-order valence-corrected chi connectivity index (χ4v) is 2.78. The van der Waals surface area contributed by atoms with Crippen molar-refractivity contribution in [3.05, 3.63) is 22.7 Å². The molecule has 0 bridgehead atoms. The molecule has 0 radical (unpaired) electrons. The monoisotopic (exact) mass is 278 g/mol. The highest BCUT2D eigenvalue weighted by atomic mass is 16.1. The maximum absolute atomic E-state index is 12.6. The zero-order chi connectivity index (χ0) is 14.8. The highest BCUT2D eigenvalue weighted by Crippen LogP contribution is 2.20. The van der Waals surface area contributed by atoms with Gasteiger partial charge in [0, 0.05) is 31.0 Å². The first-order chi connectivity index (χ1) is 9.43. The summed E-state index contributed by atoms with van der Waals surface area (Å²) in [7, 11) is 1.99. The van der Waals surface area contributed by atoms with Crippen LogP contribution in [0.1, 0.15) is 33.6 Å². The molecule has 2 rings (SSSR count). The summed E-state index contributed by atoms with van der Waals surface area (Å²) in [5.41, 5.74) is -0.189. The van der Waals surface area contributed by atoms with E-state index in [1.54, 1.807) is 17.0 Å². The van der Waals surface area contributed by atoms with Gasteiger partial charge in [0.05, 0.1) is 0 Å². The minimum Gasteiger partial charge on any atom is -0.352 e. The number of nitrogens with zero attached hydrogens (tertiary/aromatic N) is 3. The van der Waals surface area contributed by atoms with E-state index >= 15 is 0 Å². The Morgan fingerprint density at radius 3 is 2.55 bits per heavy atom. The Balaban J connectivity index is 2.17. The van der Waals surface area contributed by atoms with Crippen molar-refractivity contribution in [1.82, 2.24) is 14.9 Å². The molecule has 1 N–H and O–H groups in total. The molecule has 1 fully saturated rings. The SMILES string of the molecule is CNCC1CCN(c2nccn(C(C)(C)C)c2=O)CC1. The molecule has 1 saturated heterocycles. The first-order valence-corrected chi connectivity index (χ1v) is 7.41. The van der Waals surface area contributed by atoms with Crippen molar-refractivity contribution in [2.45, 2.75) is 39.2 Å². The second-order valence-electron chi connectivity index (χ2n) is 6.58. The summed E-state index contributed by atoms with van der Waals surface area (Å²) in [6, 6.07) is 0. The van der Waals surface area contributed by atoms with E-state index in [4.69, 9.17) is 0 Å². The van der Waals surface area contributed by atoms with Gasteiger partial charge in [0.1, 0.15) is 0 Å². The Morgan fingerprint density at radius 2 is 2.00 bits per heavy atom. The molecule has 0 atom stereocenters. The summed E-state index contributed by atoms with van der Waals surface area (Å²) < 4.78 is 1.77. The second kappa shape index (κ2) is 5.95. The molecule has 0 aliphatic carbocycles. The van der Waals surface area contributed by atoms with Crippen LogP contribution in [0.5, 0.6) is 0 Å². The Labute approximate surface area is 121 Å². The lowest BCUT2D eigenvalue weighted by Crippen LogP contribution is -2.43. The van der Waals surface area contributed by atoms with Crippen molar-refractivity contribution in [2.75, 3.05) is 31.6 Å². The molecule has 0 aromatic carbocycles. The molecule has 5 heteroatoms. The third-order valence-corrected chi connectivity index (χ3v) is 3.95. The molecule has 5 nitrogen and oxygen atoms in total. The first-order valence-electron chi connectivity index (χ1n) is 7.41. The molecule has 2 heterocycles. The maximum Gasteiger partial charge on any atom is 0.293 e. The Morgan fingerprint density at radius 1 is 1.35 bits per heavy atom. The normalized spacial score (nSPS) is 17.5. The van der Waals surface area contributed by atoms with Crippen LogP contribution < -0.4 is 15.8 Å². The van der Waals surface area contributed by atoms with E-state index in [1.807, 2.05) is 27.8 Å². The molecule has 112 valence electrons. The van der Waals surface area contributed by atoms with Crippen LogP contribution in [-0.4, -0.2) is 36.2 Å². The number of aromatic nitrogens is 2. The number of hydrogen-bond donors (Lipinski definition) is 1. The molecular formula is C15H26N4O. The number of rotatable bonds is 3.